The van der Waals surface area contributed by atoms with Crippen LogP contribution in [0, 0.1) is 6.92 Å². The van der Waals surface area contributed by atoms with Gasteiger partial charge in [-0.3, -0.25) is 4.98 Å². The van der Waals surface area contributed by atoms with E-state index in [-0.39, 0.29) is 5.69 Å². The summed E-state index contributed by atoms with van der Waals surface area (Å²) in [6, 6.07) is 3.85. The van der Waals surface area contributed by atoms with Gasteiger partial charge in [0.1, 0.15) is 5.82 Å². The van der Waals surface area contributed by atoms with Crippen LogP contribution in [0.15, 0.2) is 24.7 Å². The number of nitrogens with two attached hydrogens (primary N) is 1. The molecule has 0 fully saturated rings. The number of nitrogens with zero attached hydrogens (tertiary/aromatic N) is 3. The molecule has 0 amide bonds. The normalized spacial score (nSPS) is 10.4. The van der Waals surface area contributed by atoms with Gasteiger partial charge in [-0.15, -0.1) is 0 Å². The number of aryl methyl sites for hydroxylation is 1. The lowest BCUT2D eigenvalue weighted by Gasteiger charge is -2.07. The lowest BCUT2D eigenvalue weighted by molar-refractivity contribution is 0.0521. The molecule has 0 aliphatic rings. The summed E-state index contributed by atoms with van der Waals surface area (Å²) in [4.78, 5) is 19.9. The van der Waals surface area contributed by atoms with E-state index < -0.39 is 5.97 Å². The van der Waals surface area contributed by atoms with Crippen LogP contribution in [0.25, 0.3) is 0 Å². The number of aromatic nitrogens is 3. The van der Waals surface area contributed by atoms with Crippen molar-refractivity contribution in [3.8, 4) is 0 Å². The average Bonchev–Trinajstić information content (AvgIpc) is 2.74. The summed E-state index contributed by atoms with van der Waals surface area (Å²) in [5, 5.41) is 0. The molecule has 2 rings (SSSR count). The highest BCUT2D eigenvalue weighted by molar-refractivity contribution is 5.92. The lowest BCUT2D eigenvalue weighted by atomic mass is 10.2. The summed E-state index contributed by atoms with van der Waals surface area (Å²) >= 11 is 0. The predicted molar refractivity (Wildman–Crippen MR) is 70.7 cm³/mol. The Balaban J connectivity index is 2.23. The molecule has 0 bridgehead atoms. The van der Waals surface area contributed by atoms with Crippen molar-refractivity contribution >= 4 is 11.8 Å². The van der Waals surface area contributed by atoms with Crippen LogP contribution in [0.2, 0.25) is 0 Å². The van der Waals surface area contributed by atoms with E-state index in [0.29, 0.717) is 19.0 Å². The third-order valence-corrected chi connectivity index (χ3v) is 2.79. The average molecular weight is 260 g/mol. The van der Waals surface area contributed by atoms with Gasteiger partial charge in [0.05, 0.1) is 25.2 Å². The number of carbonyl (C=O) groups excluding carboxylic acids is 1. The molecule has 19 heavy (non-hydrogen) atoms. The van der Waals surface area contributed by atoms with Crippen molar-refractivity contribution in [1.82, 2.24) is 14.5 Å². The molecule has 2 aromatic rings. The van der Waals surface area contributed by atoms with Crippen LogP contribution in [-0.2, 0) is 11.3 Å². The van der Waals surface area contributed by atoms with Gasteiger partial charge in [0, 0.05) is 6.20 Å². The van der Waals surface area contributed by atoms with Gasteiger partial charge in [-0.05, 0) is 25.5 Å². The molecule has 0 saturated carbocycles. The molecule has 0 aromatic carbocycles. The van der Waals surface area contributed by atoms with Gasteiger partial charge in [-0.2, -0.15) is 0 Å². The van der Waals surface area contributed by atoms with Gasteiger partial charge in [-0.25, -0.2) is 9.78 Å². The second-order valence-corrected chi connectivity index (χ2v) is 4.09. The summed E-state index contributed by atoms with van der Waals surface area (Å²) in [5.74, 6) is -0.208. The van der Waals surface area contributed by atoms with Crippen molar-refractivity contribution in [3.63, 3.8) is 0 Å². The number of pyridine rings is 1. The molecular weight excluding hydrogens is 244 g/mol. The molecular formula is C13H16N4O2. The number of anilines is 1. The monoisotopic (exact) mass is 260 g/mol. The van der Waals surface area contributed by atoms with Crippen molar-refractivity contribution in [3.05, 3.63) is 41.6 Å². The topological polar surface area (TPSA) is 83.0 Å². The Hall–Kier alpha value is -2.37. The molecule has 2 heterocycles. The first-order valence-corrected chi connectivity index (χ1v) is 6.01. The first kappa shape index (κ1) is 13.1. The van der Waals surface area contributed by atoms with Gasteiger partial charge in [0.25, 0.3) is 0 Å². The quantitative estimate of drug-likeness (QED) is 0.840. The highest BCUT2D eigenvalue weighted by Crippen LogP contribution is 2.14. The second kappa shape index (κ2) is 5.51. The van der Waals surface area contributed by atoms with Gasteiger partial charge >= 0.3 is 5.97 Å². The van der Waals surface area contributed by atoms with Crippen LogP contribution < -0.4 is 5.73 Å². The van der Waals surface area contributed by atoms with Crippen LogP contribution in [0.3, 0.4) is 0 Å². The number of rotatable bonds is 4. The Labute approximate surface area is 111 Å². The standard InChI is InChI=1S/C13H16N4O2/c1-3-19-13(18)11-12(14)17(8-16-11)7-10-9(2)5-4-6-15-10/h4-6,8H,3,7,14H2,1-2H3. The van der Waals surface area contributed by atoms with E-state index in [1.807, 2.05) is 19.1 Å². The molecule has 6 nitrogen and oxygen atoms in total. The van der Waals surface area contributed by atoms with E-state index in [2.05, 4.69) is 9.97 Å². The van der Waals surface area contributed by atoms with Crippen molar-refractivity contribution in [2.75, 3.05) is 12.3 Å². The van der Waals surface area contributed by atoms with E-state index in [1.54, 1.807) is 17.7 Å². The van der Waals surface area contributed by atoms with Crippen LogP contribution >= 0.6 is 0 Å². The maximum absolute atomic E-state index is 11.6. The van der Waals surface area contributed by atoms with E-state index in [9.17, 15) is 4.79 Å². The van der Waals surface area contributed by atoms with Gasteiger partial charge in [0.2, 0.25) is 0 Å². The maximum Gasteiger partial charge on any atom is 0.360 e. The minimum atomic E-state index is -0.503. The van der Waals surface area contributed by atoms with E-state index >= 15 is 0 Å². The number of imidazole rings is 1. The zero-order chi connectivity index (χ0) is 13.8. The Morgan fingerprint density at radius 3 is 2.95 bits per heavy atom. The summed E-state index contributed by atoms with van der Waals surface area (Å²) in [6.45, 7) is 4.49. The number of carbonyl (C=O) groups is 1. The highest BCUT2D eigenvalue weighted by atomic mass is 16.5. The first-order valence-electron chi connectivity index (χ1n) is 6.01. The minimum absolute atomic E-state index is 0.149. The van der Waals surface area contributed by atoms with Gasteiger partial charge in [-0.1, -0.05) is 6.07 Å². The molecule has 0 unspecified atom stereocenters. The molecule has 0 saturated heterocycles. The Kier molecular flexibility index (Phi) is 3.79. The zero-order valence-corrected chi connectivity index (χ0v) is 11.0. The van der Waals surface area contributed by atoms with E-state index in [0.717, 1.165) is 11.3 Å². The molecule has 100 valence electrons. The molecule has 0 aliphatic carbocycles. The molecule has 0 spiro atoms. The fourth-order valence-electron chi connectivity index (χ4n) is 1.72. The van der Waals surface area contributed by atoms with Crippen LogP contribution in [-0.4, -0.2) is 27.1 Å². The van der Waals surface area contributed by atoms with Gasteiger partial charge in [0.15, 0.2) is 5.69 Å². The number of hydrogen-bond donors (Lipinski definition) is 1. The Morgan fingerprint density at radius 1 is 1.47 bits per heavy atom. The fourth-order valence-corrected chi connectivity index (χ4v) is 1.72. The number of nitrogen functional groups attached to an aromatic ring is 1. The van der Waals surface area contributed by atoms with Crippen LogP contribution in [0.5, 0.6) is 0 Å². The van der Waals surface area contributed by atoms with Gasteiger partial charge < -0.3 is 15.0 Å². The molecule has 0 aliphatic heterocycles. The smallest absolute Gasteiger partial charge is 0.360 e. The minimum Gasteiger partial charge on any atom is -0.461 e. The van der Waals surface area contributed by atoms with E-state index in [4.69, 9.17) is 10.5 Å². The first-order chi connectivity index (χ1) is 9.13. The summed E-state index contributed by atoms with van der Waals surface area (Å²) in [5.41, 5.74) is 8.01. The Bertz CT molecular complexity index is 592. The highest BCUT2D eigenvalue weighted by Gasteiger charge is 2.17. The summed E-state index contributed by atoms with van der Waals surface area (Å²) in [7, 11) is 0. The summed E-state index contributed by atoms with van der Waals surface area (Å²) in [6.07, 6.45) is 3.25. The maximum atomic E-state index is 11.6. The zero-order valence-electron chi connectivity index (χ0n) is 11.0. The molecule has 6 heteroatoms. The van der Waals surface area contributed by atoms with Crippen LogP contribution in [0.4, 0.5) is 5.82 Å². The predicted octanol–water partition coefficient (Wildman–Crippen LogP) is 1.39. The third kappa shape index (κ3) is 2.73. The molecule has 0 atom stereocenters. The fraction of sp³-hybridized carbons (Fsp3) is 0.308. The molecule has 2 aromatic heterocycles. The number of hydrogen-bond acceptors (Lipinski definition) is 5. The SMILES string of the molecule is CCOC(=O)c1ncn(Cc2ncccc2C)c1N. The summed E-state index contributed by atoms with van der Waals surface area (Å²) < 4.78 is 6.57. The second-order valence-electron chi connectivity index (χ2n) is 4.09. The van der Waals surface area contributed by atoms with Crippen molar-refractivity contribution in [2.45, 2.75) is 20.4 Å². The third-order valence-electron chi connectivity index (χ3n) is 2.79. The largest absolute Gasteiger partial charge is 0.461 e. The number of ether oxygens (including phenoxy) is 1. The van der Waals surface area contributed by atoms with Crippen molar-refractivity contribution in [2.24, 2.45) is 0 Å². The van der Waals surface area contributed by atoms with E-state index in [1.165, 1.54) is 6.33 Å². The molecule has 0 radical (unpaired) electrons. The lowest BCUT2D eigenvalue weighted by Crippen LogP contribution is -2.11. The Morgan fingerprint density at radius 2 is 2.26 bits per heavy atom. The molecule has 2 N–H and O–H groups in total. The van der Waals surface area contributed by atoms with Crippen molar-refractivity contribution < 1.29 is 9.53 Å². The van der Waals surface area contributed by atoms with Crippen molar-refractivity contribution in [1.29, 1.82) is 0 Å². The number of esters is 1. The van der Waals surface area contributed by atoms with Crippen LogP contribution in [0.1, 0.15) is 28.7 Å².